The van der Waals surface area contributed by atoms with E-state index >= 15 is 0 Å². The van der Waals surface area contributed by atoms with Gasteiger partial charge >= 0.3 is 0 Å². The molecule has 0 aliphatic carbocycles. The molecule has 1 aromatic carbocycles. The Labute approximate surface area is 125 Å². The van der Waals surface area contributed by atoms with E-state index in [1.54, 1.807) is 0 Å². The highest BCUT2D eigenvalue weighted by molar-refractivity contribution is 9.10. The maximum absolute atomic E-state index is 5.78. The smallest absolute Gasteiger partial charge is 0.126 e. The molecule has 106 valence electrons. The maximum Gasteiger partial charge on any atom is 0.126 e. The average molecular weight is 326 g/mol. The zero-order chi connectivity index (χ0) is 14.3. The van der Waals surface area contributed by atoms with Crippen molar-refractivity contribution < 1.29 is 4.74 Å². The summed E-state index contributed by atoms with van der Waals surface area (Å²) in [5.74, 6) is 0.953. The summed E-state index contributed by atoms with van der Waals surface area (Å²) in [4.78, 5) is 0. The lowest BCUT2D eigenvalue weighted by Crippen LogP contribution is -2.24. The summed E-state index contributed by atoms with van der Waals surface area (Å²) in [7, 11) is 0. The molecule has 0 bridgehead atoms. The van der Waals surface area contributed by atoms with Crippen LogP contribution in [0, 0.1) is 0 Å². The van der Waals surface area contributed by atoms with Crippen molar-refractivity contribution in [3.63, 3.8) is 0 Å². The minimum Gasteiger partial charge on any atom is -0.493 e. The van der Waals surface area contributed by atoms with Gasteiger partial charge in [0.25, 0.3) is 0 Å². The number of hydrogen-bond acceptors (Lipinski definition) is 2. The first-order chi connectivity index (χ1) is 9.02. The van der Waals surface area contributed by atoms with Gasteiger partial charge in [-0.2, -0.15) is 0 Å². The van der Waals surface area contributed by atoms with Crippen LogP contribution in [0.4, 0.5) is 0 Å². The first kappa shape index (κ1) is 16.3. The number of hydrogen-bond donors (Lipinski definition) is 1. The van der Waals surface area contributed by atoms with Gasteiger partial charge in [0.15, 0.2) is 0 Å². The van der Waals surface area contributed by atoms with Crippen LogP contribution in [0.15, 0.2) is 28.2 Å². The summed E-state index contributed by atoms with van der Waals surface area (Å²) in [5.41, 5.74) is 2.43. The molecule has 0 radical (unpaired) electrons. The summed E-state index contributed by atoms with van der Waals surface area (Å²) in [5, 5.41) is 3.42. The van der Waals surface area contributed by atoms with Gasteiger partial charge in [-0.3, -0.25) is 0 Å². The average Bonchev–Trinajstić information content (AvgIpc) is 2.35. The number of benzene rings is 1. The van der Waals surface area contributed by atoms with E-state index < -0.39 is 0 Å². The number of ether oxygens (including phenoxy) is 1. The highest BCUT2D eigenvalue weighted by Crippen LogP contribution is 2.25. The summed E-state index contributed by atoms with van der Waals surface area (Å²) in [6.07, 6.45) is 3.21. The SMILES string of the molecule is CCCOc1ccc(Br)cc1C=C(C)CNC(C)C. The second kappa shape index (κ2) is 8.39. The number of nitrogens with one attached hydrogen (secondary N) is 1. The fourth-order valence-electron chi connectivity index (χ4n) is 1.66. The second-order valence-electron chi connectivity index (χ2n) is 5.06. The first-order valence-corrected chi connectivity index (χ1v) is 7.65. The van der Waals surface area contributed by atoms with Gasteiger partial charge in [-0.05, 0) is 31.5 Å². The molecule has 0 saturated heterocycles. The number of halogens is 1. The Morgan fingerprint density at radius 3 is 2.79 bits per heavy atom. The molecular weight excluding hydrogens is 302 g/mol. The molecule has 1 aromatic rings. The molecule has 0 aromatic heterocycles. The normalized spacial score (nSPS) is 12.0. The van der Waals surface area contributed by atoms with E-state index in [9.17, 15) is 0 Å². The molecule has 2 nitrogen and oxygen atoms in total. The van der Waals surface area contributed by atoms with E-state index in [0.29, 0.717) is 6.04 Å². The highest BCUT2D eigenvalue weighted by atomic mass is 79.9. The van der Waals surface area contributed by atoms with Gasteiger partial charge in [0.2, 0.25) is 0 Å². The van der Waals surface area contributed by atoms with Crippen molar-refractivity contribution >= 4 is 22.0 Å². The molecular formula is C16H24BrNO. The van der Waals surface area contributed by atoms with Crippen LogP contribution >= 0.6 is 15.9 Å². The molecule has 3 heteroatoms. The monoisotopic (exact) mass is 325 g/mol. The minimum atomic E-state index is 0.502. The van der Waals surface area contributed by atoms with E-state index in [1.807, 2.05) is 12.1 Å². The van der Waals surface area contributed by atoms with Crippen LogP contribution in [0.1, 0.15) is 39.7 Å². The van der Waals surface area contributed by atoms with Crippen molar-refractivity contribution in [3.05, 3.63) is 33.8 Å². The molecule has 0 unspecified atom stereocenters. The summed E-state index contributed by atoms with van der Waals surface area (Å²) < 4.78 is 6.86. The third-order valence-electron chi connectivity index (χ3n) is 2.62. The summed E-state index contributed by atoms with van der Waals surface area (Å²) in [6.45, 7) is 10.2. The topological polar surface area (TPSA) is 21.3 Å². The molecule has 19 heavy (non-hydrogen) atoms. The fourth-order valence-corrected chi connectivity index (χ4v) is 2.04. The molecule has 0 saturated carbocycles. The molecule has 0 atom stereocenters. The fraction of sp³-hybridized carbons (Fsp3) is 0.500. The van der Waals surface area contributed by atoms with Gasteiger partial charge in [0, 0.05) is 22.6 Å². The zero-order valence-corrected chi connectivity index (χ0v) is 13.9. The van der Waals surface area contributed by atoms with Crippen LogP contribution in [0.5, 0.6) is 5.75 Å². The molecule has 0 aliphatic heterocycles. The standard InChI is InChI=1S/C16H24BrNO/c1-5-8-19-16-7-6-15(17)10-14(16)9-13(4)11-18-12(2)3/h6-7,9-10,12,18H,5,8,11H2,1-4H3. The Bertz CT molecular complexity index is 427. The van der Waals surface area contributed by atoms with Crippen molar-refractivity contribution in [2.24, 2.45) is 0 Å². The Balaban J connectivity index is 2.84. The molecule has 0 amide bonds. The zero-order valence-electron chi connectivity index (χ0n) is 12.3. The van der Waals surface area contributed by atoms with Gasteiger partial charge in [-0.15, -0.1) is 0 Å². The van der Waals surface area contributed by atoms with Gasteiger partial charge in [0.1, 0.15) is 5.75 Å². The lowest BCUT2D eigenvalue weighted by Gasteiger charge is -2.11. The Hall–Kier alpha value is -0.800. The minimum absolute atomic E-state index is 0.502. The van der Waals surface area contributed by atoms with E-state index in [2.05, 4.69) is 61.1 Å². The molecule has 0 fully saturated rings. The van der Waals surface area contributed by atoms with Gasteiger partial charge in [-0.1, -0.05) is 48.4 Å². The van der Waals surface area contributed by atoms with Gasteiger partial charge < -0.3 is 10.1 Å². The molecule has 0 heterocycles. The largest absolute Gasteiger partial charge is 0.493 e. The lowest BCUT2D eigenvalue weighted by molar-refractivity contribution is 0.316. The van der Waals surface area contributed by atoms with Crippen LogP contribution in [-0.4, -0.2) is 19.2 Å². The summed E-state index contributed by atoms with van der Waals surface area (Å²) >= 11 is 3.52. The van der Waals surface area contributed by atoms with Crippen molar-refractivity contribution in [2.45, 2.75) is 40.2 Å². The lowest BCUT2D eigenvalue weighted by atomic mass is 10.1. The van der Waals surface area contributed by atoms with Crippen molar-refractivity contribution in [2.75, 3.05) is 13.2 Å². The number of rotatable bonds is 7. The molecule has 1 N–H and O–H groups in total. The van der Waals surface area contributed by atoms with E-state index in [-0.39, 0.29) is 0 Å². The Morgan fingerprint density at radius 1 is 1.42 bits per heavy atom. The van der Waals surface area contributed by atoms with Gasteiger partial charge in [-0.25, -0.2) is 0 Å². The van der Waals surface area contributed by atoms with E-state index in [0.717, 1.165) is 35.4 Å². The van der Waals surface area contributed by atoms with Gasteiger partial charge in [0.05, 0.1) is 6.61 Å². The van der Waals surface area contributed by atoms with Crippen LogP contribution in [-0.2, 0) is 0 Å². The first-order valence-electron chi connectivity index (χ1n) is 6.85. The van der Waals surface area contributed by atoms with E-state index in [1.165, 1.54) is 5.57 Å². The Morgan fingerprint density at radius 2 is 2.16 bits per heavy atom. The van der Waals surface area contributed by atoms with Crippen LogP contribution < -0.4 is 10.1 Å². The third kappa shape index (κ3) is 6.26. The summed E-state index contributed by atoms with van der Waals surface area (Å²) in [6, 6.07) is 6.64. The molecule has 1 rings (SSSR count). The molecule has 0 aliphatic rings. The highest BCUT2D eigenvalue weighted by Gasteiger charge is 2.03. The van der Waals surface area contributed by atoms with Crippen molar-refractivity contribution in [1.29, 1.82) is 0 Å². The van der Waals surface area contributed by atoms with Crippen LogP contribution in [0.2, 0.25) is 0 Å². The van der Waals surface area contributed by atoms with Crippen molar-refractivity contribution in [1.82, 2.24) is 5.32 Å². The van der Waals surface area contributed by atoms with Crippen molar-refractivity contribution in [3.8, 4) is 5.75 Å². The maximum atomic E-state index is 5.78. The predicted molar refractivity (Wildman–Crippen MR) is 86.7 cm³/mol. The predicted octanol–water partition coefficient (Wildman–Crippen LogP) is 4.64. The molecule has 0 spiro atoms. The van der Waals surface area contributed by atoms with Crippen LogP contribution in [0.3, 0.4) is 0 Å². The second-order valence-corrected chi connectivity index (χ2v) is 5.97. The quantitative estimate of drug-likeness (QED) is 0.788. The van der Waals surface area contributed by atoms with E-state index in [4.69, 9.17) is 4.74 Å². The van der Waals surface area contributed by atoms with Crippen LogP contribution in [0.25, 0.3) is 6.08 Å². The third-order valence-corrected chi connectivity index (χ3v) is 3.12. The Kier molecular flexibility index (Phi) is 7.17.